The zero-order valence-corrected chi connectivity index (χ0v) is 17.5. The number of aliphatic imine (C=N–C) groups is 1. The molecule has 0 saturated heterocycles. The zero-order valence-electron chi connectivity index (χ0n) is 16.7. The van der Waals surface area contributed by atoms with E-state index in [1.54, 1.807) is 57.4 Å². The first kappa shape index (κ1) is 20.8. The molecule has 7 heteroatoms. The molecule has 0 spiro atoms. The number of carbonyl (C=O) groups excluding carboxylic acids is 1. The van der Waals surface area contributed by atoms with E-state index >= 15 is 0 Å². The average Bonchev–Trinajstić information content (AvgIpc) is 2.77. The van der Waals surface area contributed by atoms with Gasteiger partial charge < -0.3 is 19.5 Å². The van der Waals surface area contributed by atoms with E-state index in [0.29, 0.717) is 22.8 Å². The van der Waals surface area contributed by atoms with E-state index in [-0.39, 0.29) is 5.78 Å². The summed E-state index contributed by atoms with van der Waals surface area (Å²) in [5.74, 6) is 2.55. The van der Waals surface area contributed by atoms with Crippen LogP contribution in [0.4, 0.5) is 5.69 Å². The number of hydrogen-bond acceptors (Lipinski definition) is 7. The summed E-state index contributed by atoms with van der Waals surface area (Å²) in [6, 6.07) is 11.0. The molecule has 152 valence electrons. The third-order valence-corrected chi connectivity index (χ3v) is 5.36. The lowest BCUT2D eigenvalue weighted by Crippen LogP contribution is -2.13. The molecule has 0 atom stereocenters. The highest BCUT2D eigenvalue weighted by Crippen LogP contribution is 2.40. The van der Waals surface area contributed by atoms with Crippen LogP contribution in [0, 0.1) is 0 Å². The Morgan fingerprint density at radius 1 is 1.03 bits per heavy atom. The molecule has 1 aliphatic heterocycles. The molecule has 0 bridgehead atoms. The molecular formula is C22H24N2O4S. The van der Waals surface area contributed by atoms with Crippen LogP contribution in [-0.2, 0) is 0 Å². The third kappa shape index (κ3) is 5.12. The first-order valence-electron chi connectivity index (χ1n) is 9.22. The van der Waals surface area contributed by atoms with E-state index in [1.807, 2.05) is 18.2 Å². The molecular weight excluding hydrogens is 388 g/mol. The van der Waals surface area contributed by atoms with Crippen molar-refractivity contribution in [3.63, 3.8) is 0 Å². The minimum atomic E-state index is -0.0993. The Morgan fingerprint density at radius 2 is 1.79 bits per heavy atom. The molecule has 1 N–H and O–H groups in total. The lowest BCUT2D eigenvalue weighted by atomic mass is 10.1. The van der Waals surface area contributed by atoms with Gasteiger partial charge in [-0.1, -0.05) is 11.8 Å². The van der Waals surface area contributed by atoms with Gasteiger partial charge in [-0.25, -0.2) is 0 Å². The number of ketones is 1. The largest absolute Gasteiger partial charge is 0.493 e. The number of anilines is 1. The number of allylic oxidation sites excluding steroid dienone is 1. The number of thioether (sulfide) groups is 1. The van der Waals surface area contributed by atoms with Crippen LogP contribution < -0.4 is 19.5 Å². The predicted molar refractivity (Wildman–Crippen MR) is 119 cm³/mol. The number of amidine groups is 1. The Balaban J connectivity index is 1.73. The summed E-state index contributed by atoms with van der Waals surface area (Å²) in [6.07, 6.45) is 4.34. The molecule has 2 aromatic carbocycles. The summed E-state index contributed by atoms with van der Waals surface area (Å²) in [4.78, 5) is 17.0. The SMILES string of the molecule is COc1ccc(/C=C/C(=O)c2ccc(NC3=NCCCS3)cc2)c(OC)c1OC. The van der Waals surface area contributed by atoms with Gasteiger partial charge in [0.1, 0.15) is 0 Å². The van der Waals surface area contributed by atoms with Gasteiger partial charge in [0.2, 0.25) is 5.75 Å². The Kier molecular flexibility index (Phi) is 7.19. The molecule has 29 heavy (non-hydrogen) atoms. The topological polar surface area (TPSA) is 69.2 Å². The van der Waals surface area contributed by atoms with Crippen molar-refractivity contribution >= 4 is 34.5 Å². The van der Waals surface area contributed by atoms with Gasteiger partial charge in [-0.15, -0.1) is 0 Å². The average molecular weight is 413 g/mol. The Labute approximate surface area is 175 Å². The Morgan fingerprint density at radius 3 is 2.41 bits per heavy atom. The molecule has 3 rings (SSSR count). The van der Waals surface area contributed by atoms with Crippen LogP contribution in [0.3, 0.4) is 0 Å². The summed E-state index contributed by atoms with van der Waals surface area (Å²) >= 11 is 1.71. The van der Waals surface area contributed by atoms with Crippen molar-refractivity contribution in [3.8, 4) is 17.2 Å². The number of nitrogens with one attached hydrogen (secondary N) is 1. The molecule has 0 saturated carbocycles. The first-order valence-corrected chi connectivity index (χ1v) is 10.2. The van der Waals surface area contributed by atoms with Gasteiger partial charge in [-0.05, 0) is 55.0 Å². The van der Waals surface area contributed by atoms with E-state index in [0.717, 1.165) is 35.1 Å². The van der Waals surface area contributed by atoms with Crippen LogP contribution in [0.5, 0.6) is 17.2 Å². The van der Waals surface area contributed by atoms with Crippen molar-refractivity contribution in [2.45, 2.75) is 6.42 Å². The van der Waals surface area contributed by atoms with Gasteiger partial charge in [0.25, 0.3) is 0 Å². The highest BCUT2D eigenvalue weighted by atomic mass is 32.2. The second-order valence-corrected chi connectivity index (χ2v) is 7.30. The van der Waals surface area contributed by atoms with Gasteiger partial charge in [0, 0.05) is 29.1 Å². The number of benzene rings is 2. The molecule has 0 fully saturated rings. The van der Waals surface area contributed by atoms with Crippen molar-refractivity contribution < 1.29 is 19.0 Å². The first-order chi connectivity index (χ1) is 14.2. The standard InChI is InChI=1S/C22H24N2O4S/c1-26-19-12-8-16(20(27-2)21(19)28-3)7-11-18(25)15-5-9-17(10-6-15)24-22-23-13-4-14-29-22/h5-12H,4,13-14H2,1-3H3,(H,23,24)/b11-7+. The van der Waals surface area contributed by atoms with E-state index in [4.69, 9.17) is 14.2 Å². The van der Waals surface area contributed by atoms with E-state index < -0.39 is 0 Å². The van der Waals surface area contributed by atoms with Gasteiger partial charge in [-0.2, -0.15) is 0 Å². The molecule has 0 radical (unpaired) electrons. The Hall–Kier alpha value is -2.93. The maximum Gasteiger partial charge on any atom is 0.203 e. The summed E-state index contributed by atoms with van der Waals surface area (Å²) in [5, 5.41) is 4.21. The number of nitrogens with zero attached hydrogens (tertiary/aromatic N) is 1. The molecule has 0 unspecified atom stereocenters. The fraction of sp³-hybridized carbons (Fsp3) is 0.273. The van der Waals surface area contributed by atoms with Crippen LogP contribution >= 0.6 is 11.8 Å². The second-order valence-electron chi connectivity index (χ2n) is 6.21. The minimum absolute atomic E-state index is 0.0993. The number of hydrogen-bond donors (Lipinski definition) is 1. The van der Waals surface area contributed by atoms with Gasteiger partial charge in [0.05, 0.1) is 21.3 Å². The van der Waals surface area contributed by atoms with Crippen LogP contribution in [0.25, 0.3) is 6.08 Å². The van der Waals surface area contributed by atoms with Crippen LogP contribution in [0.2, 0.25) is 0 Å². The monoisotopic (exact) mass is 412 g/mol. The van der Waals surface area contributed by atoms with Gasteiger partial charge in [0.15, 0.2) is 22.4 Å². The highest BCUT2D eigenvalue weighted by Gasteiger charge is 2.14. The smallest absolute Gasteiger partial charge is 0.203 e. The maximum absolute atomic E-state index is 12.6. The van der Waals surface area contributed by atoms with E-state index in [2.05, 4.69) is 10.3 Å². The molecule has 0 amide bonds. The maximum atomic E-state index is 12.6. The second kappa shape index (κ2) is 10.0. The molecule has 0 aliphatic carbocycles. The predicted octanol–water partition coefficient (Wildman–Crippen LogP) is 4.51. The highest BCUT2D eigenvalue weighted by molar-refractivity contribution is 8.14. The quantitative estimate of drug-likeness (QED) is 0.533. The van der Waals surface area contributed by atoms with Gasteiger partial charge in [-0.3, -0.25) is 9.79 Å². The third-order valence-electron chi connectivity index (χ3n) is 4.37. The van der Waals surface area contributed by atoms with E-state index in [9.17, 15) is 4.79 Å². The molecule has 2 aromatic rings. The minimum Gasteiger partial charge on any atom is -0.493 e. The molecule has 1 heterocycles. The number of carbonyl (C=O) groups is 1. The van der Waals surface area contributed by atoms with E-state index in [1.165, 1.54) is 6.08 Å². The van der Waals surface area contributed by atoms with Crippen LogP contribution in [0.15, 0.2) is 47.5 Å². The lowest BCUT2D eigenvalue weighted by molar-refractivity contribution is 0.104. The molecule has 1 aliphatic rings. The van der Waals surface area contributed by atoms with Crippen LogP contribution in [0.1, 0.15) is 22.3 Å². The van der Waals surface area contributed by atoms with Crippen molar-refractivity contribution in [1.82, 2.24) is 0 Å². The lowest BCUT2D eigenvalue weighted by Gasteiger charge is -2.14. The number of rotatable bonds is 7. The number of ether oxygens (including phenoxy) is 3. The summed E-state index contributed by atoms with van der Waals surface area (Å²) < 4.78 is 16.1. The zero-order chi connectivity index (χ0) is 20.6. The van der Waals surface area contributed by atoms with Gasteiger partial charge >= 0.3 is 0 Å². The summed E-state index contributed by atoms with van der Waals surface area (Å²) in [7, 11) is 4.66. The fourth-order valence-electron chi connectivity index (χ4n) is 2.89. The molecule has 6 nitrogen and oxygen atoms in total. The molecule has 0 aromatic heterocycles. The Bertz CT molecular complexity index is 923. The van der Waals surface area contributed by atoms with Crippen molar-refractivity contribution in [3.05, 3.63) is 53.6 Å². The fourth-order valence-corrected chi connectivity index (χ4v) is 3.73. The number of methoxy groups -OCH3 is 3. The summed E-state index contributed by atoms with van der Waals surface area (Å²) in [5.41, 5.74) is 2.24. The van der Waals surface area contributed by atoms with Crippen molar-refractivity contribution in [2.24, 2.45) is 4.99 Å². The summed E-state index contributed by atoms with van der Waals surface area (Å²) in [6.45, 7) is 0.857. The van der Waals surface area contributed by atoms with Crippen LogP contribution in [-0.4, -0.2) is 44.6 Å². The van der Waals surface area contributed by atoms with Crippen molar-refractivity contribution in [1.29, 1.82) is 0 Å². The normalized spacial score (nSPS) is 13.7. The van der Waals surface area contributed by atoms with Crippen molar-refractivity contribution in [2.75, 3.05) is 38.9 Å².